The fourth-order valence-corrected chi connectivity index (χ4v) is 2.89. The van der Waals surface area contributed by atoms with Crippen LogP contribution >= 0.6 is 0 Å². The molecule has 0 aliphatic carbocycles. The van der Waals surface area contributed by atoms with E-state index in [0.29, 0.717) is 6.54 Å². The van der Waals surface area contributed by atoms with Crippen LogP contribution in [0.5, 0.6) is 0 Å². The molecule has 0 saturated heterocycles. The second-order valence-electron chi connectivity index (χ2n) is 6.15. The number of fused-ring (bicyclic) bond motifs is 1. The Morgan fingerprint density at radius 3 is 2.67 bits per heavy atom. The Labute approximate surface area is 157 Å². The molecule has 2 aromatic carbocycles. The Kier molecular flexibility index (Phi) is 6.04. The molecule has 3 N–H and O–H groups in total. The minimum absolute atomic E-state index is 0.0893. The molecule has 0 atom stereocenters. The zero-order chi connectivity index (χ0) is 19.1. The van der Waals surface area contributed by atoms with E-state index >= 15 is 0 Å². The van der Waals surface area contributed by atoms with Crippen molar-refractivity contribution in [1.29, 1.82) is 0 Å². The van der Waals surface area contributed by atoms with Gasteiger partial charge >= 0.3 is 0 Å². The van der Waals surface area contributed by atoms with E-state index in [0.717, 1.165) is 36.6 Å². The molecule has 7 heteroatoms. The average Bonchev–Trinajstić information content (AvgIpc) is 3.09. The molecule has 27 heavy (non-hydrogen) atoms. The van der Waals surface area contributed by atoms with Gasteiger partial charge in [-0.1, -0.05) is 30.3 Å². The first kappa shape index (κ1) is 18.4. The van der Waals surface area contributed by atoms with Crippen LogP contribution in [0.4, 0.5) is 5.69 Å². The van der Waals surface area contributed by atoms with Crippen LogP contribution in [0.2, 0.25) is 0 Å². The lowest BCUT2D eigenvalue weighted by atomic mass is 10.1. The summed E-state index contributed by atoms with van der Waals surface area (Å²) in [7, 11) is 0. The normalized spacial score (nSPS) is 11.5. The second kappa shape index (κ2) is 8.84. The molecule has 0 aliphatic heterocycles. The maximum absolute atomic E-state index is 10.7. The van der Waals surface area contributed by atoms with Crippen LogP contribution in [0.1, 0.15) is 18.1 Å². The van der Waals surface area contributed by atoms with E-state index < -0.39 is 4.92 Å². The van der Waals surface area contributed by atoms with Gasteiger partial charge in [-0.2, -0.15) is 0 Å². The van der Waals surface area contributed by atoms with E-state index in [2.05, 4.69) is 32.7 Å². The fraction of sp³-hybridized carbons (Fsp3) is 0.250. The molecule has 0 fully saturated rings. The quantitative estimate of drug-likeness (QED) is 0.259. The van der Waals surface area contributed by atoms with Crippen molar-refractivity contribution < 1.29 is 4.92 Å². The molecular formula is C20H23N5O2. The molecule has 0 radical (unpaired) electrons. The summed E-state index contributed by atoms with van der Waals surface area (Å²) in [6.07, 6.45) is 2.93. The van der Waals surface area contributed by atoms with Gasteiger partial charge in [0.05, 0.1) is 11.5 Å². The molecule has 0 bridgehead atoms. The van der Waals surface area contributed by atoms with Gasteiger partial charge in [0.1, 0.15) is 0 Å². The number of non-ortho nitro benzene ring substituents is 1. The first-order valence-electron chi connectivity index (χ1n) is 8.98. The minimum atomic E-state index is -0.399. The highest BCUT2D eigenvalue weighted by Crippen LogP contribution is 2.17. The number of aromatic amines is 1. The molecule has 0 spiro atoms. The highest BCUT2D eigenvalue weighted by molar-refractivity contribution is 5.83. The van der Waals surface area contributed by atoms with Gasteiger partial charge in [0.15, 0.2) is 5.96 Å². The van der Waals surface area contributed by atoms with Crippen LogP contribution < -0.4 is 10.6 Å². The third-order valence-corrected chi connectivity index (χ3v) is 4.27. The number of benzene rings is 2. The largest absolute Gasteiger partial charge is 0.361 e. The van der Waals surface area contributed by atoms with Crippen molar-refractivity contribution in [2.24, 2.45) is 4.99 Å². The van der Waals surface area contributed by atoms with Crippen molar-refractivity contribution in [3.05, 3.63) is 76.0 Å². The molecular weight excluding hydrogens is 342 g/mol. The zero-order valence-electron chi connectivity index (χ0n) is 15.2. The number of aliphatic imine (C=N–C) groups is 1. The molecule has 0 amide bonds. The van der Waals surface area contributed by atoms with Crippen molar-refractivity contribution in [3.63, 3.8) is 0 Å². The number of aromatic nitrogens is 1. The second-order valence-corrected chi connectivity index (χ2v) is 6.15. The van der Waals surface area contributed by atoms with Gasteiger partial charge in [-0.05, 0) is 30.5 Å². The Balaban J connectivity index is 1.58. The summed E-state index contributed by atoms with van der Waals surface area (Å²) >= 11 is 0. The standard InChI is InChI=1S/C20H23N5O2/c1-2-21-20(24-13-15-7-9-17(10-8-15)25(26)27)22-12-11-16-14-23-19-6-4-3-5-18(16)19/h3-10,14,23H,2,11-13H2,1H3,(H2,21,22,24). The summed E-state index contributed by atoms with van der Waals surface area (Å²) in [6, 6.07) is 14.7. The highest BCUT2D eigenvalue weighted by atomic mass is 16.6. The smallest absolute Gasteiger partial charge is 0.269 e. The summed E-state index contributed by atoms with van der Waals surface area (Å²) in [5, 5.41) is 18.5. The van der Waals surface area contributed by atoms with Crippen molar-refractivity contribution in [1.82, 2.24) is 15.6 Å². The predicted octanol–water partition coefficient (Wildman–Crippen LogP) is 3.37. The van der Waals surface area contributed by atoms with E-state index in [1.54, 1.807) is 12.1 Å². The van der Waals surface area contributed by atoms with Crippen molar-refractivity contribution in [2.45, 2.75) is 19.9 Å². The van der Waals surface area contributed by atoms with E-state index in [1.165, 1.54) is 23.1 Å². The van der Waals surface area contributed by atoms with Crippen LogP contribution in [0.15, 0.2) is 59.7 Å². The van der Waals surface area contributed by atoms with Crippen LogP contribution in [0.25, 0.3) is 10.9 Å². The SMILES string of the molecule is CCNC(=NCc1ccc([N+](=O)[O-])cc1)NCCc1c[nH]c2ccccc12. The van der Waals surface area contributed by atoms with Gasteiger partial charge in [0.2, 0.25) is 0 Å². The summed E-state index contributed by atoms with van der Waals surface area (Å²) < 4.78 is 0. The Morgan fingerprint density at radius 1 is 1.15 bits per heavy atom. The van der Waals surface area contributed by atoms with E-state index in [1.807, 2.05) is 25.3 Å². The van der Waals surface area contributed by atoms with Gasteiger partial charge in [-0.3, -0.25) is 10.1 Å². The summed E-state index contributed by atoms with van der Waals surface area (Å²) in [4.78, 5) is 18.2. The lowest BCUT2D eigenvalue weighted by Gasteiger charge is -2.11. The molecule has 1 aromatic heterocycles. The topological polar surface area (TPSA) is 95.3 Å². The lowest BCUT2D eigenvalue weighted by Crippen LogP contribution is -2.38. The van der Waals surface area contributed by atoms with E-state index in [-0.39, 0.29) is 5.69 Å². The maximum atomic E-state index is 10.7. The van der Waals surface area contributed by atoms with E-state index in [9.17, 15) is 10.1 Å². The fourth-order valence-electron chi connectivity index (χ4n) is 2.89. The number of nitrogens with one attached hydrogen (secondary N) is 3. The van der Waals surface area contributed by atoms with Crippen LogP contribution in [0, 0.1) is 10.1 Å². The monoisotopic (exact) mass is 365 g/mol. The average molecular weight is 365 g/mol. The van der Waals surface area contributed by atoms with Gasteiger partial charge < -0.3 is 15.6 Å². The number of hydrogen-bond donors (Lipinski definition) is 3. The third kappa shape index (κ3) is 4.84. The first-order valence-corrected chi connectivity index (χ1v) is 8.98. The van der Waals surface area contributed by atoms with Crippen molar-refractivity contribution in [2.75, 3.05) is 13.1 Å². The van der Waals surface area contributed by atoms with Gasteiger partial charge in [0, 0.05) is 42.3 Å². The molecule has 3 rings (SSSR count). The number of hydrogen-bond acceptors (Lipinski definition) is 3. The molecule has 3 aromatic rings. The predicted molar refractivity (Wildman–Crippen MR) is 108 cm³/mol. The van der Waals surface area contributed by atoms with Gasteiger partial charge in [0.25, 0.3) is 5.69 Å². The number of nitro groups is 1. The summed E-state index contributed by atoms with van der Waals surface area (Å²) in [5.74, 6) is 0.732. The lowest BCUT2D eigenvalue weighted by molar-refractivity contribution is -0.384. The van der Waals surface area contributed by atoms with Crippen molar-refractivity contribution >= 4 is 22.5 Å². The molecule has 0 aliphatic rings. The van der Waals surface area contributed by atoms with Crippen LogP contribution in [-0.4, -0.2) is 29.0 Å². The number of nitro benzene ring substituents is 1. The molecule has 7 nitrogen and oxygen atoms in total. The Hall–Kier alpha value is -3.35. The number of para-hydroxylation sites is 1. The number of nitrogens with zero attached hydrogens (tertiary/aromatic N) is 2. The summed E-state index contributed by atoms with van der Waals surface area (Å²) in [6.45, 7) is 4.00. The molecule has 0 unspecified atom stereocenters. The molecule has 140 valence electrons. The summed E-state index contributed by atoms with van der Waals surface area (Å²) in [5.41, 5.74) is 3.43. The maximum Gasteiger partial charge on any atom is 0.269 e. The van der Waals surface area contributed by atoms with Crippen molar-refractivity contribution in [3.8, 4) is 0 Å². The molecule has 1 heterocycles. The van der Waals surface area contributed by atoms with Gasteiger partial charge in [-0.25, -0.2) is 4.99 Å². The minimum Gasteiger partial charge on any atom is -0.361 e. The number of H-pyrrole nitrogens is 1. The number of guanidine groups is 1. The Morgan fingerprint density at radius 2 is 1.93 bits per heavy atom. The first-order chi connectivity index (χ1) is 13.2. The van der Waals surface area contributed by atoms with Crippen LogP contribution in [0.3, 0.4) is 0 Å². The Bertz CT molecular complexity index is 931. The van der Waals surface area contributed by atoms with E-state index in [4.69, 9.17) is 0 Å². The van der Waals surface area contributed by atoms with Gasteiger partial charge in [-0.15, -0.1) is 0 Å². The number of rotatable bonds is 7. The highest BCUT2D eigenvalue weighted by Gasteiger charge is 2.05. The van der Waals surface area contributed by atoms with Crippen LogP contribution in [-0.2, 0) is 13.0 Å². The third-order valence-electron chi connectivity index (χ3n) is 4.27. The molecule has 0 saturated carbocycles. The zero-order valence-corrected chi connectivity index (χ0v) is 15.2.